The quantitative estimate of drug-likeness (QED) is 0.902. The molecule has 1 saturated heterocycles. The van der Waals surface area contributed by atoms with Gasteiger partial charge in [-0.05, 0) is 26.0 Å². The molecule has 18 heavy (non-hydrogen) atoms. The van der Waals surface area contributed by atoms with E-state index >= 15 is 0 Å². The van der Waals surface area contributed by atoms with Crippen LogP contribution in [0.1, 0.15) is 24.6 Å². The van der Waals surface area contributed by atoms with E-state index in [1.165, 1.54) is 11.3 Å². The van der Waals surface area contributed by atoms with Crippen molar-refractivity contribution >= 4 is 34.8 Å². The Morgan fingerprint density at radius 3 is 2.89 bits per heavy atom. The topological polar surface area (TPSA) is 49.4 Å². The van der Waals surface area contributed by atoms with Crippen LogP contribution in [-0.4, -0.2) is 35.8 Å². The van der Waals surface area contributed by atoms with Crippen molar-refractivity contribution in [2.45, 2.75) is 25.8 Å². The molecule has 1 aliphatic rings. The summed E-state index contributed by atoms with van der Waals surface area (Å²) in [5.74, 6) is -0.366. The van der Waals surface area contributed by atoms with E-state index in [2.05, 4.69) is 5.32 Å². The first kappa shape index (κ1) is 13.4. The molecule has 0 aromatic carbocycles. The molecule has 0 radical (unpaired) electrons. The van der Waals surface area contributed by atoms with Crippen LogP contribution < -0.4 is 5.32 Å². The van der Waals surface area contributed by atoms with E-state index in [1.54, 1.807) is 11.0 Å². The maximum Gasteiger partial charge on any atom is 0.239 e. The molecule has 1 aromatic heterocycles. The van der Waals surface area contributed by atoms with Crippen molar-refractivity contribution in [3.63, 3.8) is 0 Å². The number of amides is 2. The Morgan fingerprint density at radius 1 is 1.61 bits per heavy atom. The first-order valence-corrected chi connectivity index (χ1v) is 7.00. The zero-order valence-corrected chi connectivity index (χ0v) is 11.8. The molecule has 0 spiro atoms. The number of nitrogens with zero attached hydrogens (tertiary/aromatic N) is 1. The summed E-state index contributed by atoms with van der Waals surface area (Å²) in [6.07, 6.45) is 0. The van der Waals surface area contributed by atoms with Gasteiger partial charge >= 0.3 is 0 Å². The summed E-state index contributed by atoms with van der Waals surface area (Å²) in [5.41, 5.74) is 0. The summed E-state index contributed by atoms with van der Waals surface area (Å²) >= 11 is 7.28. The van der Waals surface area contributed by atoms with Gasteiger partial charge in [-0.2, -0.15) is 0 Å². The Hall–Kier alpha value is -1.07. The minimum absolute atomic E-state index is 0.00863. The zero-order valence-electron chi connectivity index (χ0n) is 10.3. The van der Waals surface area contributed by atoms with Crippen LogP contribution in [0.5, 0.6) is 0 Å². The monoisotopic (exact) mass is 286 g/mol. The minimum atomic E-state index is -0.249. The summed E-state index contributed by atoms with van der Waals surface area (Å²) < 4.78 is 0.675. The van der Waals surface area contributed by atoms with Crippen LogP contribution in [0.3, 0.4) is 0 Å². The highest BCUT2D eigenvalue weighted by molar-refractivity contribution is 7.16. The Kier molecular flexibility index (Phi) is 3.92. The smallest absolute Gasteiger partial charge is 0.239 e. The average Bonchev–Trinajstić information content (AvgIpc) is 2.72. The Bertz CT molecular complexity index is 474. The summed E-state index contributed by atoms with van der Waals surface area (Å²) in [5, 5.41) is 2.80. The summed E-state index contributed by atoms with van der Waals surface area (Å²) in [4.78, 5) is 26.3. The third kappa shape index (κ3) is 2.84. The standard InChI is InChI=1S/C12H15ClN2O2S/c1-7-5-15(6-11(16)14-7)12(17)8(2)9-3-4-10(13)18-9/h3-4,7-8H,5-6H2,1-2H3,(H,14,16). The van der Waals surface area contributed by atoms with Gasteiger partial charge in [-0.15, -0.1) is 11.3 Å². The Labute approximate surface area is 115 Å². The van der Waals surface area contributed by atoms with Crippen LogP contribution in [-0.2, 0) is 9.59 Å². The molecule has 1 aromatic rings. The van der Waals surface area contributed by atoms with Gasteiger partial charge < -0.3 is 10.2 Å². The van der Waals surface area contributed by atoms with E-state index in [1.807, 2.05) is 19.9 Å². The maximum absolute atomic E-state index is 12.3. The van der Waals surface area contributed by atoms with Gasteiger partial charge in [0.2, 0.25) is 11.8 Å². The number of hydrogen-bond donors (Lipinski definition) is 1. The van der Waals surface area contributed by atoms with Crippen LogP contribution in [0.2, 0.25) is 4.34 Å². The second-order valence-corrected chi connectivity index (χ2v) is 6.30. The number of rotatable bonds is 2. The molecule has 2 atom stereocenters. The number of carbonyl (C=O) groups is 2. The van der Waals surface area contributed by atoms with Gasteiger partial charge in [-0.3, -0.25) is 9.59 Å². The molecular formula is C12H15ClN2O2S. The highest BCUT2D eigenvalue weighted by atomic mass is 35.5. The second-order valence-electron chi connectivity index (χ2n) is 4.55. The van der Waals surface area contributed by atoms with Crippen molar-refractivity contribution in [2.24, 2.45) is 0 Å². The normalized spacial score (nSPS) is 21.6. The lowest BCUT2D eigenvalue weighted by atomic mass is 10.1. The molecule has 2 heterocycles. The predicted molar refractivity (Wildman–Crippen MR) is 71.9 cm³/mol. The summed E-state index contributed by atoms with van der Waals surface area (Å²) in [7, 11) is 0. The maximum atomic E-state index is 12.3. The molecule has 2 amide bonds. The van der Waals surface area contributed by atoms with Crippen molar-refractivity contribution in [1.82, 2.24) is 10.2 Å². The Balaban J connectivity index is 2.08. The molecule has 0 saturated carbocycles. The average molecular weight is 287 g/mol. The lowest BCUT2D eigenvalue weighted by Gasteiger charge is -2.32. The fourth-order valence-corrected chi connectivity index (χ4v) is 3.16. The van der Waals surface area contributed by atoms with Gasteiger partial charge in [0.15, 0.2) is 0 Å². The summed E-state index contributed by atoms with van der Waals surface area (Å²) in [6.45, 7) is 4.45. The number of halogens is 1. The van der Waals surface area contributed by atoms with Gasteiger partial charge in [0.05, 0.1) is 16.8 Å². The van der Waals surface area contributed by atoms with Crippen LogP contribution in [0, 0.1) is 0 Å². The molecule has 6 heteroatoms. The lowest BCUT2D eigenvalue weighted by molar-refractivity contribution is -0.140. The minimum Gasteiger partial charge on any atom is -0.350 e. The molecule has 0 aliphatic carbocycles. The first-order chi connectivity index (χ1) is 8.47. The molecule has 4 nitrogen and oxygen atoms in total. The fourth-order valence-electron chi connectivity index (χ4n) is 2.06. The molecule has 1 aliphatic heterocycles. The van der Waals surface area contributed by atoms with E-state index in [4.69, 9.17) is 11.6 Å². The van der Waals surface area contributed by atoms with Crippen molar-refractivity contribution in [1.29, 1.82) is 0 Å². The molecule has 2 rings (SSSR count). The highest BCUT2D eigenvalue weighted by Gasteiger charge is 2.29. The molecule has 0 bridgehead atoms. The van der Waals surface area contributed by atoms with E-state index in [0.717, 1.165) is 4.88 Å². The van der Waals surface area contributed by atoms with E-state index in [9.17, 15) is 9.59 Å². The van der Waals surface area contributed by atoms with E-state index in [-0.39, 0.29) is 30.3 Å². The van der Waals surface area contributed by atoms with Gasteiger partial charge in [0, 0.05) is 17.5 Å². The van der Waals surface area contributed by atoms with Crippen molar-refractivity contribution in [3.05, 3.63) is 21.3 Å². The lowest BCUT2D eigenvalue weighted by Crippen LogP contribution is -2.55. The van der Waals surface area contributed by atoms with Crippen LogP contribution in [0.25, 0.3) is 0 Å². The van der Waals surface area contributed by atoms with Crippen molar-refractivity contribution < 1.29 is 9.59 Å². The van der Waals surface area contributed by atoms with Crippen LogP contribution in [0.4, 0.5) is 0 Å². The third-order valence-electron chi connectivity index (χ3n) is 2.94. The van der Waals surface area contributed by atoms with Crippen LogP contribution >= 0.6 is 22.9 Å². The van der Waals surface area contributed by atoms with Crippen molar-refractivity contribution in [3.8, 4) is 0 Å². The van der Waals surface area contributed by atoms with Crippen molar-refractivity contribution in [2.75, 3.05) is 13.1 Å². The second kappa shape index (κ2) is 5.28. The largest absolute Gasteiger partial charge is 0.350 e. The number of piperazine rings is 1. The molecular weight excluding hydrogens is 272 g/mol. The number of nitrogens with one attached hydrogen (secondary N) is 1. The van der Waals surface area contributed by atoms with Crippen LogP contribution in [0.15, 0.2) is 12.1 Å². The zero-order chi connectivity index (χ0) is 13.3. The molecule has 1 N–H and O–H groups in total. The highest BCUT2D eigenvalue weighted by Crippen LogP contribution is 2.29. The third-order valence-corrected chi connectivity index (χ3v) is 4.35. The molecule has 2 unspecified atom stereocenters. The number of carbonyl (C=O) groups excluding carboxylic acids is 2. The fraction of sp³-hybridized carbons (Fsp3) is 0.500. The van der Waals surface area contributed by atoms with Gasteiger partial charge in [-0.25, -0.2) is 0 Å². The van der Waals surface area contributed by atoms with E-state index < -0.39 is 0 Å². The summed E-state index contributed by atoms with van der Waals surface area (Å²) in [6, 6.07) is 3.66. The van der Waals surface area contributed by atoms with Gasteiger partial charge in [0.25, 0.3) is 0 Å². The SMILES string of the molecule is CC1CN(C(=O)C(C)c2ccc(Cl)s2)CC(=O)N1. The van der Waals surface area contributed by atoms with Gasteiger partial charge in [-0.1, -0.05) is 11.6 Å². The molecule has 1 fully saturated rings. The number of thiophene rings is 1. The molecule has 98 valence electrons. The predicted octanol–water partition coefficient (Wildman–Crippen LogP) is 1.85. The first-order valence-electron chi connectivity index (χ1n) is 5.80. The number of hydrogen-bond acceptors (Lipinski definition) is 3. The van der Waals surface area contributed by atoms with E-state index in [0.29, 0.717) is 10.9 Å². The van der Waals surface area contributed by atoms with Gasteiger partial charge in [0.1, 0.15) is 0 Å². The Morgan fingerprint density at radius 2 is 2.33 bits per heavy atom.